The van der Waals surface area contributed by atoms with Crippen LogP contribution in [0.2, 0.25) is 0 Å². The lowest BCUT2D eigenvalue weighted by molar-refractivity contribution is 0.0728. The molecule has 1 amide bonds. The van der Waals surface area contributed by atoms with Gasteiger partial charge in [0.1, 0.15) is 13.2 Å². The van der Waals surface area contributed by atoms with E-state index < -0.39 is 0 Å². The summed E-state index contributed by atoms with van der Waals surface area (Å²) in [6.07, 6.45) is 0. The molecule has 3 aromatic rings. The normalized spacial score (nSPS) is 12.3. The summed E-state index contributed by atoms with van der Waals surface area (Å²) in [5, 5.41) is 0. The molecule has 0 bridgehead atoms. The molecule has 1 heterocycles. The van der Waals surface area contributed by atoms with Gasteiger partial charge in [0.05, 0.1) is 7.11 Å². The molecule has 0 atom stereocenters. The predicted molar refractivity (Wildman–Crippen MR) is 110 cm³/mol. The van der Waals surface area contributed by atoms with Crippen molar-refractivity contribution in [1.29, 1.82) is 0 Å². The average Bonchev–Trinajstić information content (AvgIpc) is 2.78. The van der Waals surface area contributed by atoms with Crippen LogP contribution in [0.15, 0.2) is 72.8 Å². The van der Waals surface area contributed by atoms with Gasteiger partial charge in [-0.15, -0.1) is 0 Å². The zero-order valence-electron chi connectivity index (χ0n) is 16.3. The molecule has 0 aromatic heterocycles. The van der Waals surface area contributed by atoms with Crippen LogP contribution in [0.25, 0.3) is 0 Å². The molecule has 0 radical (unpaired) electrons. The summed E-state index contributed by atoms with van der Waals surface area (Å²) in [6, 6.07) is 23.4. The molecule has 1 aliphatic rings. The molecule has 3 aromatic carbocycles. The molecule has 148 valence electrons. The number of hydrogen-bond donors (Lipinski definition) is 0. The first-order chi connectivity index (χ1) is 14.2. The molecule has 0 unspecified atom stereocenters. The van der Waals surface area contributed by atoms with E-state index in [1.54, 1.807) is 19.2 Å². The molecule has 0 fully saturated rings. The first-order valence-electron chi connectivity index (χ1n) is 9.59. The minimum absolute atomic E-state index is 0.0898. The minimum atomic E-state index is -0.0898. The van der Waals surface area contributed by atoms with E-state index in [9.17, 15) is 4.79 Å². The molecule has 1 aliphatic heterocycles. The minimum Gasteiger partial charge on any atom is -0.493 e. The standard InChI is InChI=1S/C24H23NO4/c1-27-21-14-20(15-22-23(21)29-13-12-28-22)24(26)25(16-18-8-4-2-5-9-18)17-19-10-6-3-7-11-19/h2-11,14-15H,12-13,16-17H2,1H3. The molecule has 4 rings (SSSR count). The van der Waals surface area contributed by atoms with Gasteiger partial charge in [0, 0.05) is 18.7 Å². The van der Waals surface area contributed by atoms with Gasteiger partial charge in [0.2, 0.25) is 5.75 Å². The van der Waals surface area contributed by atoms with Crippen molar-refractivity contribution in [3.63, 3.8) is 0 Å². The van der Waals surface area contributed by atoms with Gasteiger partial charge in [-0.3, -0.25) is 4.79 Å². The Morgan fingerprint density at radius 3 is 2.07 bits per heavy atom. The van der Waals surface area contributed by atoms with Gasteiger partial charge in [-0.2, -0.15) is 0 Å². The Bertz CT molecular complexity index is 914. The summed E-state index contributed by atoms with van der Waals surface area (Å²) >= 11 is 0. The van der Waals surface area contributed by atoms with Gasteiger partial charge in [-0.1, -0.05) is 60.7 Å². The summed E-state index contributed by atoms with van der Waals surface area (Å²) in [6.45, 7) is 1.92. The molecular formula is C24H23NO4. The highest BCUT2D eigenvalue weighted by atomic mass is 16.6. The lowest BCUT2D eigenvalue weighted by atomic mass is 10.1. The van der Waals surface area contributed by atoms with E-state index in [-0.39, 0.29) is 5.91 Å². The summed E-state index contributed by atoms with van der Waals surface area (Å²) in [4.78, 5) is 15.3. The maximum absolute atomic E-state index is 13.5. The van der Waals surface area contributed by atoms with Gasteiger partial charge in [0.25, 0.3) is 5.91 Å². The second-order valence-corrected chi connectivity index (χ2v) is 6.84. The van der Waals surface area contributed by atoms with Gasteiger partial charge in [-0.25, -0.2) is 0 Å². The topological polar surface area (TPSA) is 48.0 Å². The van der Waals surface area contributed by atoms with Gasteiger partial charge in [0.15, 0.2) is 11.5 Å². The fraction of sp³-hybridized carbons (Fsp3) is 0.208. The fourth-order valence-corrected chi connectivity index (χ4v) is 3.39. The number of rotatable bonds is 6. The van der Waals surface area contributed by atoms with Gasteiger partial charge >= 0.3 is 0 Å². The maximum Gasteiger partial charge on any atom is 0.254 e. The molecule has 5 nitrogen and oxygen atoms in total. The zero-order chi connectivity index (χ0) is 20.1. The summed E-state index contributed by atoms with van der Waals surface area (Å²) in [5.41, 5.74) is 2.65. The molecule has 0 spiro atoms. The number of carbonyl (C=O) groups is 1. The highest BCUT2D eigenvalue weighted by Gasteiger charge is 2.24. The van der Waals surface area contributed by atoms with E-state index in [2.05, 4.69) is 0 Å². The first-order valence-corrected chi connectivity index (χ1v) is 9.59. The Hall–Kier alpha value is -3.47. The van der Waals surface area contributed by atoms with Crippen molar-refractivity contribution in [2.45, 2.75) is 13.1 Å². The van der Waals surface area contributed by atoms with Crippen LogP contribution in [0.4, 0.5) is 0 Å². The highest BCUT2D eigenvalue weighted by molar-refractivity contribution is 5.95. The van der Waals surface area contributed by atoms with Crippen LogP contribution < -0.4 is 14.2 Å². The molecule has 29 heavy (non-hydrogen) atoms. The zero-order valence-corrected chi connectivity index (χ0v) is 16.3. The summed E-state index contributed by atoms with van der Waals surface area (Å²) in [5.74, 6) is 1.50. The monoisotopic (exact) mass is 389 g/mol. The number of amides is 1. The van der Waals surface area contributed by atoms with Crippen molar-refractivity contribution in [1.82, 2.24) is 4.90 Å². The summed E-state index contributed by atoms with van der Waals surface area (Å²) in [7, 11) is 1.56. The Labute approximate surface area is 170 Å². The second kappa shape index (κ2) is 8.69. The molecular weight excluding hydrogens is 366 g/mol. The Morgan fingerprint density at radius 1 is 0.897 bits per heavy atom. The molecule has 5 heteroatoms. The van der Waals surface area contributed by atoms with Crippen LogP contribution in [0.5, 0.6) is 17.2 Å². The smallest absolute Gasteiger partial charge is 0.254 e. The summed E-state index contributed by atoms with van der Waals surface area (Å²) < 4.78 is 16.8. The number of hydrogen-bond acceptors (Lipinski definition) is 4. The number of carbonyl (C=O) groups excluding carboxylic acids is 1. The van der Waals surface area contributed by atoms with E-state index in [0.29, 0.717) is 49.1 Å². The van der Waals surface area contributed by atoms with Crippen LogP contribution >= 0.6 is 0 Å². The molecule has 0 saturated heterocycles. The third-order valence-corrected chi connectivity index (χ3v) is 4.79. The van der Waals surface area contributed by atoms with E-state index in [1.807, 2.05) is 65.6 Å². The lowest BCUT2D eigenvalue weighted by Gasteiger charge is -2.25. The predicted octanol–water partition coefficient (Wildman–Crippen LogP) is 4.31. The van der Waals surface area contributed by atoms with Crippen molar-refractivity contribution in [2.75, 3.05) is 20.3 Å². The van der Waals surface area contributed by atoms with Crippen molar-refractivity contribution in [3.05, 3.63) is 89.5 Å². The highest BCUT2D eigenvalue weighted by Crippen LogP contribution is 2.40. The Kier molecular flexibility index (Phi) is 5.66. The number of benzene rings is 3. The van der Waals surface area contributed by atoms with Crippen molar-refractivity contribution < 1.29 is 19.0 Å². The Morgan fingerprint density at radius 2 is 1.48 bits per heavy atom. The van der Waals surface area contributed by atoms with E-state index in [4.69, 9.17) is 14.2 Å². The third-order valence-electron chi connectivity index (χ3n) is 4.79. The maximum atomic E-state index is 13.5. The molecule has 0 N–H and O–H groups in total. The van der Waals surface area contributed by atoms with Crippen molar-refractivity contribution in [2.24, 2.45) is 0 Å². The first kappa shape index (κ1) is 18.9. The molecule has 0 aliphatic carbocycles. The van der Waals surface area contributed by atoms with Gasteiger partial charge in [-0.05, 0) is 23.3 Å². The second-order valence-electron chi connectivity index (χ2n) is 6.84. The quantitative estimate of drug-likeness (QED) is 0.630. The number of fused-ring (bicyclic) bond motifs is 1. The van der Waals surface area contributed by atoms with Crippen molar-refractivity contribution in [3.8, 4) is 17.2 Å². The number of methoxy groups -OCH3 is 1. The Balaban J connectivity index is 1.67. The van der Waals surface area contributed by atoms with E-state index >= 15 is 0 Å². The third kappa shape index (κ3) is 4.35. The van der Waals surface area contributed by atoms with Crippen LogP contribution in [-0.4, -0.2) is 31.1 Å². The van der Waals surface area contributed by atoms with E-state index in [1.165, 1.54) is 0 Å². The SMILES string of the molecule is COc1cc(C(=O)N(Cc2ccccc2)Cc2ccccc2)cc2c1OCCO2. The van der Waals surface area contributed by atoms with Crippen LogP contribution in [0.1, 0.15) is 21.5 Å². The lowest BCUT2D eigenvalue weighted by Crippen LogP contribution is -2.30. The number of ether oxygens (including phenoxy) is 3. The average molecular weight is 389 g/mol. The van der Waals surface area contributed by atoms with Crippen LogP contribution in [-0.2, 0) is 13.1 Å². The van der Waals surface area contributed by atoms with Crippen LogP contribution in [0.3, 0.4) is 0 Å². The van der Waals surface area contributed by atoms with Crippen molar-refractivity contribution >= 4 is 5.91 Å². The number of nitrogens with zero attached hydrogens (tertiary/aromatic N) is 1. The van der Waals surface area contributed by atoms with Gasteiger partial charge < -0.3 is 19.1 Å². The van der Waals surface area contributed by atoms with Crippen LogP contribution in [0, 0.1) is 0 Å². The van der Waals surface area contributed by atoms with E-state index in [0.717, 1.165) is 11.1 Å². The largest absolute Gasteiger partial charge is 0.493 e. The fourth-order valence-electron chi connectivity index (χ4n) is 3.39. The molecule has 0 saturated carbocycles.